The highest BCUT2D eigenvalue weighted by Crippen LogP contribution is 2.41. The van der Waals surface area contributed by atoms with E-state index >= 15 is 0 Å². The Bertz CT molecular complexity index is 419. The first-order chi connectivity index (χ1) is 7.93. The van der Waals surface area contributed by atoms with Crippen molar-refractivity contribution in [2.24, 2.45) is 0 Å². The molecule has 17 heavy (non-hydrogen) atoms. The van der Waals surface area contributed by atoms with Crippen molar-refractivity contribution in [1.82, 2.24) is 9.97 Å². The third-order valence-electron chi connectivity index (χ3n) is 2.87. The maximum absolute atomic E-state index is 4.75. The molecule has 0 atom stereocenters. The summed E-state index contributed by atoms with van der Waals surface area (Å²) >= 11 is 3.63. The van der Waals surface area contributed by atoms with E-state index in [2.05, 4.69) is 53.9 Å². The Morgan fingerprint density at radius 1 is 1.29 bits per heavy atom. The monoisotopic (exact) mass is 297 g/mol. The standard InChI is InChI=1S/C13H20BrN3/c1-5-15-12-9(14)10(13(2,3)4)16-11(17-12)8-6-7-8/h8H,5-7H2,1-4H3,(H,15,16,17). The molecular formula is C13H20BrN3. The molecule has 1 N–H and O–H groups in total. The first-order valence-corrected chi connectivity index (χ1v) is 7.04. The van der Waals surface area contributed by atoms with Gasteiger partial charge in [0.05, 0.1) is 10.2 Å². The van der Waals surface area contributed by atoms with Crippen LogP contribution in [0.1, 0.15) is 58.0 Å². The van der Waals surface area contributed by atoms with Crippen molar-refractivity contribution in [3.8, 4) is 0 Å². The first kappa shape index (κ1) is 12.8. The molecule has 1 aliphatic rings. The lowest BCUT2D eigenvalue weighted by Gasteiger charge is -2.22. The summed E-state index contributed by atoms with van der Waals surface area (Å²) in [6.07, 6.45) is 2.47. The Morgan fingerprint density at radius 2 is 1.94 bits per heavy atom. The maximum atomic E-state index is 4.75. The summed E-state index contributed by atoms with van der Waals surface area (Å²) < 4.78 is 1.01. The van der Waals surface area contributed by atoms with Crippen molar-refractivity contribution in [3.05, 3.63) is 16.0 Å². The van der Waals surface area contributed by atoms with Crippen LogP contribution in [0.25, 0.3) is 0 Å². The molecule has 0 radical (unpaired) electrons. The summed E-state index contributed by atoms with van der Waals surface area (Å²) in [6, 6.07) is 0. The van der Waals surface area contributed by atoms with Gasteiger partial charge in [-0.3, -0.25) is 0 Å². The highest BCUT2D eigenvalue weighted by atomic mass is 79.9. The van der Waals surface area contributed by atoms with Crippen LogP contribution in [0.5, 0.6) is 0 Å². The molecule has 3 nitrogen and oxygen atoms in total. The number of rotatable bonds is 3. The number of nitrogens with one attached hydrogen (secondary N) is 1. The van der Waals surface area contributed by atoms with Gasteiger partial charge < -0.3 is 5.32 Å². The molecule has 94 valence electrons. The lowest BCUT2D eigenvalue weighted by atomic mass is 9.92. The van der Waals surface area contributed by atoms with Crippen LogP contribution in [0.15, 0.2) is 4.47 Å². The summed E-state index contributed by atoms with van der Waals surface area (Å²) in [4.78, 5) is 9.38. The normalized spacial score (nSPS) is 16.1. The van der Waals surface area contributed by atoms with Gasteiger partial charge in [0.25, 0.3) is 0 Å². The molecule has 2 rings (SSSR count). The smallest absolute Gasteiger partial charge is 0.144 e. The number of anilines is 1. The number of nitrogens with zero attached hydrogens (tertiary/aromatic N) is 2. The van der Waals surface area contributed by atoms with Crippen LogP contribution >= 0.6 is 15.9 Å². The molecular weight excluding hydrogens is 278 g/mol. The average molecular weight is 298 g/mol. The lowest BCUT2D eigenvalue weighted by molar-refractivity contribution is 0.558. The molecule has 0 aromatic carbocycles. The third kappa shape index (κ3) is 2.79. The summed E-state index contributed by atoms with van der Waals surface area (Å²) in [7, 11) is 0. The summed E-state index contributed by atoms with van der Waals surface area (Å²) in [6.45, 7) is 9.52. The zero-order valence-electron chi connectivity index (χ0n) is 11.0. The summed E-state index contributed by atoms with van der Waals surface area (Å²) in [5.74, 6) is 2.53. The van der Waals surface area contributed by atoms with Gasteiger partial charge in [-0.1, -0.05) is 20.8 Å². The van der Waals surface area contributed by atoms with Gasteiger partial charge in [-0.15, -0.1) is 0 Å². The van der Waals surface area contributed by atoms with Crippen LogP contribution in [0.3, 0.4) is 0 Å². The second kappa shape index (κ2) is 4.56. The van der Waals surface area contributed by atoms with E-state index in [1.807, 2.05) is 0 Å². The Hall–Kier alpha value is -0.640. The number of hydrogen-bond acceptors (Lipinski definition) is 3. The highest BCUT2D eigenvalue weighted by molar-refractivity contribution is 9.10. The van der Waals surface area contributed by atoms with Crippen molar-refractivity contribution in [1.29, 1.82) is 0 Å². The fourth-order valence-corrected chi connectivity index (χ4v) is 2.68. The van der Waals surface area contributed by atoms with E-state index < -0.39 is 0 Å². The molecule has 0 spiro atoms. The van der Waals surface area contributed by atoms with Crippen molar-refractivity contribution in [2.75, 3.05) is 11.9 Å². The van der Waals surface area contributed by atoms with Crippen LogP contribution in [-0.2, 0) is 5.41 Å². The van der Waals surface area contributed by atoms with Gasteiger partial charge in [0, 0.05) is 17.9 Å². The van der Waals surface area contributed by atoms with Gasteiger partial charge in [0.2, 0.25) is 0 Å². The van der Waals surface area contributed by atoms with Gasteiger partial charge >= 0.3 is 0 Å². The zero-order chi connectivity index (χ0) is 12.6. The van der Waals surface area contributed by atoms with Crippen LogP contribution in [0, 0.1) is 0 Å². The topological polar surface area (TPSA) is 37.8 Å². The Morgan fingerprint density at radius 3 is 2.41 bits per heavy atom. The third-order valence-corrected chi connectivity index (χ3v) is 3.62. The van der Waals surface area contributed by atoms with E-state index in [1.54, 1.807) is 0 Å². The Kier molecular flexibility index (Phi) is 3.43. The predicted octanol–water partition coefficient (Wildman–Crippen LogP) is 3.85. The van der Waals surface area contributed by atoms with Crippen LogP contribution < -0.4 is 5.32 Å². The van der Waals surface area contributed by atoms with Gasteiger partial charge in [-0.05, 0) is 35.7 Å². The minimum Gasteiger partial charge on any atom is -0.369 e. The van der Waals surface area contributed by atoms with Crippen molar-refractivity contribution in [2.45, 2.75) is 51.9 Å². The molecule has 1 heterocycles. The van der Waals surface area contributed by atoms with E-state index in [4.69, 9.17) is 4.98 Å². The molecule has 1 aliphatic carbocycles. The maximum Gasteiger partial charge on any atom is 0.144 e. The second-order valence-corrected chi connectivity index (χ2v) is 6.44. The van der Waals surface area contributed by atoms with Crippen molar-refractivity contribution < 1.29 is 0 Å². The molecule has 1 aromatic rings. The van der Waals surface area contributed by atoms with Gasteiger partial charge in [0.15, 0.2) is 0 Å². The van der Waals surface area contributed by atoms with E-state index in [0.29, 0.717) is 5.92 Å². The Labute approximate surface area is 112 Å². The predicted molar refractivity (Wildman–Crippen MR) is 74.6 cm³/mol. The molecule has 1 fully saturated rings. The molecule has 0 unspecified atom stereocenters. The highest BCUT2D eigenvalue weighted by Gasteiger charge is 2.30. The number of halogens is 1. The Balaban J connectivity index is 2.48. The molecule has 0 bridgehead atoms. The average Bonchev–Trinajstić information content (AvgIpc) is 3.03. The molecule has 0 saturated heterocycles. The van der Waals surface area contributed by atoms with E-state index in [9.17, 15) is 0 Å². The van der Waals surface area contributed by atoms with Crippen molar-refractivity contribution >= 4 is 21.7 Å². The summed E-state index contributed by atoms with van der Waals surface area (Å²) in [5, 5.41) is 3.31. The zero-order valence-corrected chi connectivity index (χ0v) is 12.6. The molecule has 4 heteroatoms. The van der Waals surface area contributed by atoms with Crippen LogP contribution in [0.2, 0.25) is 0 Å². The molecule has 0 aliphatic heterocycles. The van der Waals surface area contributed by atoms with Gasteiger partial charge in [-0.25, -0.2) is 9.97 Å². The van der Waals surface area contributed by atoms with E-state index in [-0.39, 0.29) is 5.41 Å². The minimum atomic E-state index is 0.0373. The molecule has 1 saturated carbocycles. The van der Waals surface area contributed by atoms with Gasteiger partial charge in [0.1, 0.15) is 11.6 Å². The lowest BCUT2D eigenvalue weighted by Crippen LogP contribution is -2.18. The fraction of sp³-hybridized carbons (Fsp3) is 0.692. The number of aromatic nitrogens is 2. The SMILES string of the molecule is CCNc1nc(C2CC2)nc(C(C)(C)C)c1Br. The molecule has 1 aromatic heterocycles. The summed E-state index contributed by atoms with van der Waals surface area (Å²) in [5.41, 5.74) is 1.14. The van der Waals surface area contributed by atoms with E-state index in [1.165, 1.54) is 12.8 Å². The van der Waals surface area contributed by atoms with Crippen LogP contribution in [0.4, 0.5) is 5.82 Å². The van der Waals surface area contributed by atoms with E-state index in [0.717, 1.165) is 28.4 Å². The first-order valence-electron chi connectivity index (χ1n) is 6.25. The fourth-order valence-electron chi connectivity index (χ4n) is 1.77. The minimum absolute atomic E-state index is 0.0373. The quantitative estimate of drug-likeness (QED) is 0.921. The molecule has 0 amide bonds. The van der Waals surface area contributed by atoms with Gasteiger partial charge in [-0.2, -0.15) is 0 Å². The van der Waals surface area contributed by atoms with Crippen LogP contribution in [-0.4, -0.2) is 16.5 Å². The van der Waals surface area contributed by atoms with Crippen molar-refractivity contribution in [3.63, 3.8) is 0 Å². The number of hydrogen-bond donors (Lipinski definition) is 1. The largest absolute Gasteiger partial charge is 0.369 e. The second-order valence-electron chi connectivity index (χ2n) is 5.65.